The zero-order valence-electron chi connectivity index (χ0n) is 16.6. The average molecular weight is 407 g/mol. The minimum Gasteiger partial charge on any atom is -0.550 e. The molecule has 0 amide bonds. The number of aromatic nitrogens is 1. The molecule has 2 aromatic carbocycles. The molecule has 1 N–H and O–H groups in total. The van der Waals surface area contributed by atoms with Crippen molar-refractivity contribution in [3.05, 3.63) is 89.9 Å². The molecule has 0 aliphatic heterocycles. The summed E-state index contributed by atoms with van der Waals surface area (Å²) in [7, 11) is 0. The topological polar surface area (TPSA) is 74.3 Å². The molecule has 1 unspecified atom stereocenters. The van der Waals surface area contributed by atoms with Gasteiger partial charge in [0.05, 0.1) is 6.61 Å². The number of nitrogens with one attached hydrogen (secondary N) is 1. The van der Waals surface area contributed by atoms with Crippen molar-refractivity contribution in [3.8, 4) is 5.75 Å². The van der Waals surface area contributed by atoms with Gasteiger partial charge >= 0.3 is 0 Å². The van der Waals surface area contributed by atoms with Crippen LogP contribution in [-0.4, -0.2) is 24.1 Å². The van der Waals surface area contributed by atoms with E-state index >= 15 is 0 Å². The van der Waals surface area contributed by atoms with E-state index in [4.69, 9.17) is 4.74 Å². The van der Waals surface area contributed by atoms with E-state index in [1.54, 1.807) is 18.3 Å². The summed E-state index contributed by atoms with van der Waals surface area (Å²) >= 11 is 0. The number of hydrogen-bond acceptors (Lipinski definition) is 5. The highest BCUT2D eigenvalue weighted by Crippen LogP contribution is 2.25. The Morgan fingerprint density at radius 1 is 1.07 bits per heavy atom. The number of carboxylic acid groups (broad SMARTS) is 1. The zero-order chi connectivity index (χ0) is 21.2. The summed E-state index contributed by atoms with van der Waals surface area (Å²) in [5.41, 5.74) is 1.76. The van der Waals surface area contributed by atoms with Gasteiger partial charge in [0.1, 0.15) is 17.4 Å². The second-order valence-electron chi connectivity index (χ2n) is 7.02. The molecule has 0 saturated heterocycles. The van der Waals surface area contributed by atoms with Crippen LogP contribution in [0.3, 0.4) is 0 Å². The fourth-order valence-corrected chi connectivity index (χ4v) is 3.20. The monoisotopic (exact) mass is 407 g/mol. The second-order valence-corrected chi connectivity index (χ2v) is 7.02. The Bertz CT molecular complexity index is 915. The highest BCUT2D eigenvalue weighted by atomic mass is 19.1. The lowest BCUT2D eigenvalue weighted by atomic mass is 9.89. The number of ether oxygens (including phenoxy) is 1. The molecule has 30 heavy (non-hydrogen) atoms. The molecule has 3 aromatic rings. The van der Waals surface area contributed by atoms with Gasteiger partial charge in [0.15, 0.2) is 0 Å². The van der Waals surface area contributed by atoms with Gasteiger partial charge in [-0.05, 0) is 72.7 Å². The first-order valence-electron chi connectivity index (χ1n) is 9.92. The average Bonchev–Trinajstić information content (AvgIpc) is 2.75. The van der Waals surface area contributed by atoms with Crippen LogP contribution in [0.5, 0.6) is 5.75 Å². The van der Waals surface area contributed by atoms with Crippen LogP contribution >= 0.6 is 0 Å². The smallest absolute Gasteiger partial charge is 0.125 e. The van der Waals surface area contributed by atoms with E-state index in [-0.39, 0.29) is 18.2 Å². The summed E-state index contributed by atoms with van der Waals surface area (Å²) < 4.78 is 18.9. The van der Waals surface area contributed by atoms with Crippen molar-refractivity contribution < 1.29 is 19.0 Å². The number of hydrogen-bond donors (Lipinski definition) is 1. The third kappa shape index (κ3) is 6.88. The SMILES string of the molecule is O=C([O-])CC(Cc1ccc(OCCCNc2ccccn2)cc1)c1ccc(F)cc1. The number of benzene rings is 2. The lowest BCUT2D eigenvalue weighted by Crippen LogP contribution is -2.25. The Kier molecular flexibility index (Phi) is 7.78. The van der Waals surface area contributed by atoms with Gasteiger partial charge in [-0.25, -0.2) is 9.37 Å². The minimum absolute atomic E-state index is 0.118. The van der Waals surface area contributed by atoms with Crippen molar-refractivity contribution >= 4 is 11.8 Å². The van der Waals surface area contributed by atoms with Crippen molar-refractivity contribution in [1.29, 1.82) is 0 Å². The molecule has 0 bridgehead atoms. The number of carbonyl (C=O) groups excluding carboxylic acids is 1. The van der Waals surface area contributed by atoms with E-state index in [0.29, 0.717) is 13.0 Å². The fourth-order valence-electron chi connectivity index (χ4n) is 3.20. The lowest BCUT2D eigenvalue weighted by Gasteiger charge is -2.18. The standard InChI is InChI=1S/C24H25FN2O3/c25-21-9-7-19(8-10-21)20(17-24(28)29)16-18-5-11-22(12-6-18)30-15-3-14-27-23-4-1-2-13-26-23/h1-2,4-13,20H,3,14-17H2,(H,26,27)(H,28,29)/p-1. The van der Waals surface area contributed by atoms with Crippen molar-refractivity contribution in [2.24, 2.45) is 0 Å². The number of rotatable bonds is 11. The molecular formula is C24H24FN2O3-. The predicted molar refractivity (Wildman–Crippen MR) is 112 cm³/mol. The van der Waals surface area contributed by atoms with E-state index in [2.05, 4.69) is 10.3 Å². The first-order valence-corrected chi connectivity index (χ1v) is 9.92. The van der Waals surface area contributed by atoms with E-state index in [1.807, 2.05) is 42.5 Å². The van der Waals surface area contributed by atoms with Crippen molar-refractivity contribution in [2.75, 3.05) is 18.5 Å². The highest BCUT2D eigenvalue weighted by molar-refractivity contribution is 5.65. The number of nitrogens with zero attached hydrogens (tertiary/aromatic N) is 1. The quantitative estimate of drug-likeness (QED) is 0.492. The van der Waals surface area contributed by atoms with E-state index in [1.165, 1.54) is 12.1 Å². The van der Waals surface area contributed by atoms with Crippen molar-refractivity contribution in [2.45, 2.75) is 25.2 Å². The maximum atomic E-state index is 13.2. The maximum absolute atomic E-state index is 13.2. The Morgan fingerprint density at radius 2 is 1.83 bits per heavy atom. The molecule has 1 aromatic heterocycles. The minimum atomic E-state index is -1.12. The molecule has 0 fully saturated rings. The Balaban J connectivity index is 1.48. The largest absolute Gasteiger partial charge is 0.550 e. The van der Waals surface area contributed by atoms with E-state index in [0.717, 1.165) is 35.7 Å². The highest BCUT2D eigenvalue weighted by Gasteiger charge is 2.13. The van der Waals surface area contributed by atoms with Crippen LogP contribution in [0.15, 0.2) is 72.9 Å². The van der Waals surface area contributed by atoms with Crippen LogP contribution in [0.4, 0.5) is 10.2 Å². The van der Waals surface area contributed by atoms with Crippen LogP contribution in [0.2, 0.25) is 0 Å². The molecule has 0 radical (unpaired) electrons. The molecule has 1 heterocycles. The zero-order valence-corrected chi connectivity index (χ0v) is 16.6. The fraction of sp³-hybridized carbons (Fsp3) is 0.250. The number of carbonyl (C=O) groups is 1. The number of halogens is 1. The first kappa shape index (κ1) is 21.3. The van der Waals surface area contributed by atoms with Gasteiger partial charge < -0.3 is 20.0 Å². The van der Waals surface area contributed by atoms with Crippen LogP contribution < -0.4 is 15.2 Å². The number of carboxylic acids is 1. The molecule has 6 heteroatoms. The molecule has 0 aliphatic carbocycles. The molecule has 0 saturated carbocycles. The van der Waals surface area contributed by atoms with Gasteiger partial charge in [0.25, 0.3) is 0 Å². The Labute approximate surface area is 175 Å². The summed E-state index contributed by atoms with van der Waals surface area (Å²) in [6, 6.07) is 19.3. The molecule has 156 valence electrons. The predicted octanol–water partition coefficient (Wildman–Crippen LogP) is 3.57. The lowest BCUT2D eigenvalue weighted by molar-refractivity contribution is -0.306. The van der Waals surface area contributed by atoms with Crippen LogP contribution in [0, 0.1) is 5.82 Å². The molecular weight excluding hydrogens is 383 g/mol. The Hall–Kier alpha value is -3.41. The van der Waals surface area contributed by atoms with Crippen LogP contribution in [0.1, 0.15) is 29.9 Å². The van der Waals surface area contributed by atoms with Gasteiger partial charge in [0, 0.05) is 18.7 Å². The van der Waals surface area contributed by atoms with Crippen LogP contribution in [-0.2, 0) is 11.2 Å². The third-order valence-electron chi connectivity index (χ3n) is 4.72. The Morgan fingerprint density at radius 3 is 2.50 bits per heavy atom. The molecule has 5 nitrogen and oxygen atoms in total. The molecule has 0 spiro atoms. The van der Waals surface area contributed by atoms with Gasteiger partial charge in [-0.3, -0.25) is 0 Å². The molecule has 3 rings (SSSR count). The number of aliphatic carboxylic acids is 1. The van der Waals surface area contributed by atoms with Crippen molar-refractivity contribution in [3.63, 3.8) is 0 Å². The normalized spacial score (nSPS) is 11.6. The maximum Gasteiger partial charge on any atom is 0.125 e. The second kappa shape index (κ2) is 11.0. The third-order valence-corrected chi connectivity index (χ3v) is 4.72. The summed E-state index contributed by atoms with van der Waals surface area (Å²) in [5, 5.41) is 14.4. The van der Waals surface area contributed by atoms with Gasteiger partial charge in [-0.1, -0.05) is 30.3 Å². The van der Waals surface area contributed by atoms with E-state index in [9.17, 15) is 14.3 Å². The summed E-state index contributed by atoms with van der Waals surface area (Å²) in [6.07, 6.45) is 2.98. The summed E-state index contributed by atoms with van der Waals surface area (Å²) in [4.78, 5) is 15.3. The number of pyridine rings is 1. The first-order chi connectivity index (χ1) is 14.6. The molecule has 1 atom stereocenters. The summed E-state index contributed by atoms with van der Waals surface area (Å²) in [5.74, 6) is -0.143. The number of anilines is 1. The van der Waals surface area contributed by atoms with Crippen molar-refractivity contribution in [1.82, 2.24) is 4.98 Å². The summed E-state index contributed by atoms with van der Waals surface area (Å²) in [6.45, 7) is 1.33. The molecule has 0 aliphatic rings. The van der Waals surface area contributed by atoms with Gasteiger partial charge in [0.2, 0.25) is 0 Å². The van der Waals surface area contributed by atoms with Gasteiger partial charge in [-0.2, -0.15) is 0 Å². The van der Waals surface area contributed by atoms with E-state index < -0.39 is 5.97 Å². The van der Waals surface area contributed by atoms with Crippen LogP contribution in [0.25, 0.3) is 0 Å². The van der Waals surface area contributed by atoms with Gasteiger partial charge in [-0.15, -0.1) is 0 Å².